The minimum atomic E-state index is -0.925. The van der Waals surface area contributed by atoms with E-state index in [9.17, 15) is 19.1 Å². The predicted molar refractivity (Wildman–Crippen MR) is 122 cm³/mol. The first kappa shape index (κ1) is 22.1. The Hall–Kier alpha value is -3.15. The Morgan fingerprint density at radius 1 is 1.19 bits per heavy atom. The van der Waals surface area contributed by atoms with Gasteiger partial charge in [-0.3, -0.25) is 9.59 Å². The number of aryl methyl sites for hydroxylation is 1. The molecule has 168 valence electrons. The molecule has 1 aliphatic carbocycles. The van der Waals surface area contributed by atoms with Gasteiger partial charge in [-0.25, -0.2) is 4.39 Å². The predicted octanol–water partition coefficient (Wildman–Crippen LogP) is 4.59. The minimum Gasteiger partial charge on any atom is -0.480 e. The van der Waals surface area contributed by atoms with Crippen LogP contribution in [0, 0.1) is 5.82 Å². The van der Waals surface area contributed by atoms with Crippen molar-refractivity contribution in [2.24, 2.45) is 0 Å². The molecule has 1 aromatic heterocycles. The summed E-state index contributed by atoms with van der Waals surface area (Å²) in [5.41, 5.74) is 5.04. The van der Waals surface area contributed by atoms with Crippen molar-refractivity contribution < 1.29 is 19.1 Å². The zero-order chi connectivity index (χ0) is 22.8. The number of aromatic nitrogens is 1. The molecule has 0 saturated carbocycles. The Labute approximate surface area is 187 Å². The van der Waals surface area contributed by atoms with E-state index in [1.807, 2.05) is 0 Å². The fourth-order valence-electron chi connectivity index (χ4n) is 4.69. The fraction of sp³-hybridized carbons (Fsp3) is 0.385. The molecule has 1 unspecified atom stereocenters. The van der Waals surface area contributed by atoms with Crippen molar-refractivity contribution in [2.45, 2.75) is 64.5 Å². The van der Waals surface area contributed by atoms with Crippen molar-refractivity contribution in [1.29, 1.82) is 0 Å². The summed E-state index contributed by atoms with van der Waals surface area (Å²) >= 11 is 0. The monoisotopic (exact) mass is 436 g/mol. The van der Waals surface area contributed by atoms with Gasteiger partial charge in [0, 0.05) is 29.1 Å². The summed E-state index contributed by atoms with van der Waals surface area (Å²) in [6.07, 6.45) is 3.07. The van der Waals surface area contributed by atoms with Crippen LogP contribution in [-0.2, 0) is 35.4 Å². The number of carboxylic acid groups (broad SMARTS) is 1. The minimum absolute atomic E-state index is 0.00633. The van der Waals surface area contributed by atoms with Crippen molar-refractivity contribution in [2.75, 3.05) is 0 Å². The first-order valence-electron chi connectivity index (χ1n) is 11.2. The molecule has 0 saturated heterocycles. The van der Waals surface area contributed by atoms with Gasteiger partial charge in [0.1, 0.15) is 12.4 Å². The van der Waals surface area contributed by atoms with Gasteiger partial charge in [0.05, 0.1) is 0 Å². The maximum absolute atomic E-state index is 13.9. The summed E-state index contributed by atoms with van der Waals surface area (Å²) in [6.45, 7) is 4.17. The van der Waals surface area contributed by atoms with E-state index in [0.29, 0.717) is 31.6 Å². The molecule has 32 heavy (non-hydrogen) atoms. The number of nitrogens with one attached hydrogen (secondary N) is 1. The van der Waals surface area contributed by atoms with E-state index in [1.165, 1.54) is 17.7 Å². The number of amides is 1. The summed E-state index contributed by atoms with van der Waals surface area (Å²) in [5, 5.41) is 13.2. The van der Waals surface area contributed by atoms with E-state index in [1.54, 1.807) is 10.6 Å². The molecule has 1 amide bonds. The van der Waals surface area contributed by atoms with Crippen LogP contribution in [0.2, 0.25) is 0 Å². The number of fused-ring (bicyclic) bond motifs is 3. The number of carbonyl (C=O) groups is 2. The molecular weight excluding hydrogens is 407 g/mol. The van der Waals surface area contributed by atoms with Crippen LogP contribution in [-0.4, -0.2) is 27.6 Å². The van der Waals surface area contributed by atoms with Crippen LogP contribution in [0.3, 0.4) is 0 Å². The van der Waals surface area contributed by atoms with Crippen LogP contribution >= 0.6 is 0 Å². The Balaban J connectivity index is 1.43. The summed E-state index contributed by atoms with van der Waals surface area (Å²) in [4.78, 5) is 23.9. The average molecular weight is 437 g/mol. The summed E-state index contributed by atoms with van der Waals surface area (Å²) in [6, 6.07) is 12.8. The van der Waals surface area contributed by atoms with Crippen LogP contribution in [0.15, 0.2) is 42.5 Å². The van der Waals surface area contributed by atoms with Crippen molar-refractivity contribution in [3.8, 4) is 0 Å². The third kappa shape index (κ3) is 4.69. The average Bonchev–Trinajstić information content (AvgIpc) is 3.04. The van der Waals surface area contributed by atoms with Crippen molar-refractivity contribution in [3.63, 3.8) is 0 Å². The van der Waals surface area contributed by atoms with Gasteiger partial charge in [-0.05, 0) is 66.5 Å². The molecule has 0 bridgehead atoms. The second-order valence-electron chi connectivity index (χ2n) is 8.97. The van der Waals surface area contributed by atoms with E-state index in [4.69, 9.17) is 0 Å². The molecule has 1 heterocycles. The first-order valence-corrected chi connectivity index (χ1v) is 11.2. The van der Waals surface area contributed by atoms with Crippen LogP contribution in [0.5, 0.6) is 0 Å². The highest BCUT2D eigenvalue weighted by Crippen LogP contribution is 2.33. The number of benzene rings is 2. The van der Waals surface area contributed by atoms with E-state index >= 15 is 0 Å². The number of nitrogens with zero attached hydrogens (tertiary/aromatic N) is 1. The molecule has 1 atom stereocenters. The summed E-state index contributed by atoms with van der Waals surface area (Å²) in [7, 11) is 0. The molecule has 6 heteroatoms. The molecule has 5 nitrogen and oxygen atoms in total. The van der Waals surface area contributed by atoms with Gasteiger partial charge in [-0.1, -0.05) is 38.1 Å². The molecule has 0 radical (unpaired) electrons. The van der Waals surface area contributed by atoms with Gasteiger partial charge in [0.2, 0.25) is 5.91 Å². The molecule has 1 aliphatic rings. The maximum Gasteiger partial charge on any atom is 0.323 e. The Morgan fingerprint density at radius 3 is 2.62 bits per heavy atom. The highest BCUT2D eigenvalue weighted by Gasteiger charge is 2.27. The molecule has 2 N–H and O–H groups in total. The van der Waals surface area contributed by atoms with Crippen LogP contribution < -0.4 is 5.32 Å². The Kier molecular flexibility index (Phi) is 6.31. The zero-order valence-electron chi connectivity index (χ0n) is 18.5. The van der Waals surface area contributed by atoms with Crippen LogP contribution in [0.4, 0.5) is 4.39 Å². The molecule has 0 aliphatic heterocycles. The lowest BCUT2D eigenvalue weighted by Crippen LogP contribution is -2.39. The van der Waals surface area contributed by atoms with Gasteiger partial charge in [-0.15, -0.1) is 0 Å². The third-order valence-electron chi connectivity index (χ3n) is 6.37. The summed E-state index contributed by atoms with van der Waals surface area (Å²) in [5.74, 6) is -0.779. The lowest BCUT2D eigenvalue weighted by atomic mass is 9.91. The van der Waals surface area contributed by atoms with Gasteiger partial charge in [-0.2, -0.15) is 0 Å². The maximum atomic E-state index is 13.9. The van der Waals surface area contributed by atoms with E-state index in [-0.39, 0.29) is 24.3 Å². The van der Waals surface area contributed by atoms with E-state index < -0.39 is 5.97 Å². The van der Waals surface area contributed by atoms with E-state index in [2.05, 4.69) is 43.4 Å². The molecule has 0 fully saturated rings. The quantitative estimate of drug-likeness (QED) is 0.569. The normalized spacial score (nSPS) is 15.7. The van der Waals surface area contributed by atoms with Crippen LogP contribution in [0.25, 0.3) is 10.9 Å². The zero-order valence-corrected chi connectivity index (χ0v) is 18.5. The first-order chi connectivity index (χ1) is 15.3. The van der Waals surface area contributed by atoms with Crippen LogP contribution in [0.1, 0.15) is 55.0 Å². The fourth-order valence-corrected chi connectivity index (χ4v) is 4.69. The Bertz CT molecular complexity index is 1150. The molecule has 3 aromatic rings. The second-order valence-corrected chi connectivity index (χ2v) is 8.97. The SMILES string of the molecule is CC(C)c1ccc(CCC(=O)NC2CCc3c(c4cc(F)ccc4n3CC(=O)O)C2)cc1. The van der Waals surface area contributed by atoms with E-state index in [0.717, 1.165) is 34.1 Å². The molecule has 2 aromatic carbocycles. The summed E-state index contributed by atoms with van der Waals surface area (Å²) < 4.78 is 15.7. The molecular formula is C26H29FN2O3. The standard InChI is InChI=1S/C26H29FN2O3/c1-16(2)18-6-3-17(4-7-18)5-12-25(30)28-20-9-11-24-22(14-20)21-13-19(27)8-10-23(21)29(24)15-26(31)32/h3-4,6-8,10,13,16,20H,5,9,11-12,14-15H2,1-2H3,(H,28,30)(H,31,32). The topological polar surface area (TPSA) is 71.3 Å². The molecule has 4 rings (SSSR count). The van der Waals surface area contributed by atoms with Gasteiger partial charge < -0.3 is 15.0 Å². The highest BCUT2D eigenvalue weighted by atomic mass is 19.1. The number of rotatable bonds is 7. The van der Waals surface area contributed by atoms with Crippen molar-refractivity contribution in [3.05, 3.63) is 70.7 Å². The lowest BCUT2D eigenvalue weighted by Gasteiger charge is -2.25. The number of hydrogen-bond acceptors (Lipinski definition) is 2. The molecule has 0 spiro atoms. The Morgan fingerprint density at radius 2 is 1.94 bits per heavy atom. The highest BCUT2D eigenvalue weighted by molar-refractivity contribution is 5.87. The number of halogens is 1. The van der Waals surface area contributed by atoms with Gasteiger partial charge in [0.25, 0.3) is 0 Å². The largest absolute Gasteiger partial charge is 0.480 e. The second kappa shape index (κ2) is 9.15. The number of aliphatic carboxylic acids is 1. The number of carboxylic acids is 1. The lowest BCUT2D eigenvalue weighted by molar-refractivity contribution is -0.137. The van der Waals surface area contributed by atoms with Crippen molar-refractivity contribution in [1.82, 2.24) is 9.88 Å². The number of carbonyl (C=O) groups excluding carboxylic acids is 1. The van der Waals surface area contributed by atoms with Gasteiger partial charge >= 0.3 is 5.97 Å². The smallest absolute Gasteiger partial charge is 0.323 e. The number of hydrogen-bond donors (Lipinski definition) is 2. The third-order valence-corrected chi connectivity index (χ3v) is 6.37. The van der Waals surface area contributed by atoms with Crippen molar-refractivity contribution >= 4 is 22.8 Å². The van der Waals surface area contributed by atoms with Gasteiger partial charge in [0.15, 0.2) is 0 Å².